The van der Waals surface area contributed by atoms with Crippen LogP contribution >= 0.6 is 0 Å². The topological polar surface area (TPSA) is 172 Å². The first-order valence-corrected chi connectivity index (χ1v) is 20.3. The van der Waals surface area contributed by atoms with Crippen LogP contribution in [0.2, 0.25) is 0 Å². The van der Waals surface area contributed by atoms with Crippen LogP contribution in [0.3, 0.4) is 0 Å². The summed E-state index contributed by atoms with van der Waals surface area (Å²) in [4.78, 5) is 56.9. The summed E-state index contributed by atoms with van der Waals surface area (Å²) in [6.45, 7) is 18.7. The molecule has 0 radical (unpaired) electrons. The molecule has 2 N–H and O–H groups in total. The Morgan fingerprint density at radius 2 is 1.67 bits per heavy atom. The second-order valence-electron chi connectivity index (χ2n) is 17.0. The van der Waals surface area contributed by atoms with Gasteiger partial charge in [0.05, 0.1) is 29.8 Å². The van der Waals surface area contributed by atoms with Gasteiger partial charge in [-0.15, -0.1) is 0 Å². The minimum atomic E-state index is -1.60. The molecule has 3 rings (SSSR count). The number of alkyl carbamates (subject to hydrolysis) is 1. The molecule has 1 amide bonds. The Kier molecular flexibility index (Phi) is 17.1. The van der Waals surface area contributed by atoms with Crippen molar-refractivity contribution in [3.05, 3.63) is 0 Å². The van der Waals surface area contributed by atoms with E-state index in [1.807, 2.05) is 58.6 Å². The van der Waals surface area contributed by atoms with E-state index in [-0.39, 0.29) is 30.5 Å². The molecule has 318 valence electrons. The highest BCUT2D eigenvalue weighted by atomic mass is 16.8. The predicted octanol–water partition coefficient (Wildman–Crippen LogP) is 5.04. The van der Waals surface area contributed by atoms with Crippen molar-refractivity contribution in [2.24, 2.45) is 17.8 Å². The number of fused-ring (bicyclic) bond motifs is 1. The van der Waals surface area contributed by atoms with Crippen molar-refractivity contribution in [2.75, 3.05) is 34.2 Å². The van der Waals surface area contributed by atoms with Crippen molar-refractivity contribution in [3.63, 3.8) is 0 Å². The van der Waals surface area contributed by atoms with Gasteiger partial charge < -0.3 is 48.5 Å². The zero-order chi connectivity index (χ0) is 41.4. The van der Waals surface area contributed by atoms with Crippen molar-refractivity contribution in [1.82, 2.24) is 15.1 Å². The summed E-state index contributed by atoms with van der Waals surface area (Å²) in [6, 6.07) is -0.636. The first kappa shape index (κ1) is 46.7. The highest BCUT2D eigenvalue weighted by Gasteiger charge is 2.58. The third kappa shape index (κ3) is 11.9. The molecule has 0 aromatic carbocycles. The van der Waals surface area contributed by atoms with Gasteiger partial charge in [-0.2, -0.15) is 0 Å². The quantitative estimate of drug-likeness (QED) is 0.162. The van der Waals surface area contributed by atoms with Crippen molar-refractivity contribution < 1.29 is 57.4 Å². The van der Waals surface area contributed by atoms with Crippen LogP contribution in [0.5, 0.6) is 0 Å². The van der Waals surface area contributed by atoms with Crippen LogP contribution in [0.25, 0.3) is 0 Å². The summed E-state index contributed by atoms with van der Waals surface area (Å²) in [5.41, 5.74) is -2.93. The number of esters is 2. The van der Waals surface area contributed by atoms with Gasteiger partial charge in [0.15, 0.2) is 24.1 Å². The number of aliphatic hydroxyl groups is 1. The van der Waals surface area contributed by atoms with E-state index in [4.69, 9.17) is 33.2 Å². The highest BCUT2D eigenvalue weighted by molar-refractivity contribution is 5.74. The van der Waals surface area contributed by atoms with Gasteiger partial charge in [-0.3, -0.25) is 14.5 Å². The molecule has 3 saturated heterocycles. The Balaban J connectivity index is 2.15. The lowest BCUT2D eigenvalue weighted by Gasteiger charge is -2.47. The fourth-order valence-electron chi connectivity index (χ4n) is 8.75. The summed E-state index contributed by atoms with van der Waals surface area (Å²) in [5, 5.41) is 15.4. The van der Waals surface area contributed by atoms with Gasteiger partial charge in [-0.25, -0.2) is 9.59 Å². The molecule has 0 unspecified atom stereocenters. The largest absolute Gasteiger partial charge is 0.509 e. The number of hydrogen-bond acceptors (Lipinski definition) is 14. The molecule has 0 aliphatic carbocycles. The molecule has 15 heteroatoms. The molecule has 0 bridgehead atoms. The first-order chi connectivity index (χ1) is 25.7. The number of carbonyl (C=O) groups excluding carboxylic acids is 4. The van der Waals surface area contributed by atoms with Crippen LogP contribution in [0.1, 0.15) is 114 Å². The minimum absolute atomic E-state index is 0.150. The number of nitrogens with zero attached hydrogens (tertiary/aromatic N) is 2. The highest BCUT2D eigenvalue weighted by Crippen LogP contribution is 2.40. The van der Waals surface area contributed by atoms with Crippen molar-refractivity contribution in [2.45, 2.75) is 180 Å². The number of hydrogen-bond donors (Lipinski definition) is 2. The van der Waals surface area contributed by atoms with E-state index in [2.05, 4.69) is 12.2 Å². The van der Waals surface area contributed by atoms with E-state index >= 15 is 0 Å². The molecular formula is C40H71N3O12. The minimum Gasteiger partial charge on any atom is -0.458 e. The summed E-state index contributed by atoms with van der Waals surface area (Å²) < 4.78 is 42.8. The van der Waals surface area contributed by atoms with Gasteiger partial charge >= 0.3 is 24.2 Å². The maximum Gasteiger partial charge on any atom is 0.509 e. The van der Waals surface area contributed by atoms with Gasteiger partial charge in [-0.05, 0) is 87.4 Å². The molecule has 0 saturated carbocycles. The number of likely N-dealkylation sites (N-methyl/N-ethyl adjacent to an activating group) is 2. The van der Waals surface area contributed by atoms with Crippen molar-refractivity contribution in [1.29, 1.82) is 0 Å². The van der Waals surface area contributed by atoms with E-state index in [9.17, 15) is 24.3 Å². The molecule has 3 heterocycles. The first-order valence-electron chi connectivity index (χ1n) is 20.3. The van der Waals surface area contributed by atoms with Crippen LogP contribution < -0.4 is 5.32 Å². The molecular weight excluding hydrogens is 714 g/mol. The second-order valence-corrected chi connectivity index (χ2v) is 17.0. The molecule has 15 nitrogen and oxygen atoms in total. The van der Waals surface area contributed by atoms with Crippen LogP contribution in [0.15, 0.2) is 0 Å². The van der Waals surface area contributed by atoms with Crippen LogP contribution in [-0.4, -0.2) is 140 Å². The van der Waals surface area contributed by atoms with Gasteiger partial charge in [0.25, 0.3) is 0 Å². The fraction of sp³-hybridized carbons (Fsp3) is 0.900. The Morgan fingerprint density at radius 1 is 1.00 bits per heavy atom. The normalized spacial score (nSPS) is 39.5. The van der Waals surface area contributed by atoms with E-state index in [1.54, 1.807) is 27.7 Å². The smallest absolute Gasteiger partial charge is 0.458 e. The summed E-state index contributed by atoms with van der Waals surface area (Å²) in [7, 11) is 5.68. The molecule has 3 aliphatic rings. The lowest BCUT2D eigenvalue weighted by atomic mass is 9.77. The zero-order valence-electron chi connectivity index (χ0n) is 35.6. The van der Waals surface area contributed by atoms with E-state index in [1.165, 1.54) is 6.92 Å². The summed E-state index contributed by atoms with van der Waals surface area (Å²) in [5.74, 6) is -3.28. The number of nitrogens with one attached hydrogen (secondary N) is 1. The number of cyclic esters (lactones) is 1. The number of carbonyl (C=O) groups is 4. The third-order valence-electron chi connectivity index (χ3n) is 11.7. The van der Waals surface area contributed by atoms with E-state index in [0.717, 1.165) is 25.7 Å². The number of ether oxygens (including phenoxy) is 7. The van der Waals surface area contributed by atoms with Gasteiger partial charge in [0.2, 0.25) is 0 Å². The molecule has 3 fully saturated rings. The number of unbranched alkanes of at least 4 members (excludes halogenated alkanes) is 3. The second kappa shape index (κ2) is 20.1. The standard InChI is InChI=1S/C40H71N3O12/c1-14-16-17-18-19-41-37(46)52-31-25(5)33(53-36-32(50-28(8)44)29(42(11)12)20-24(4)49-36)39(9,48)21-23(3)22-43(13)27(7)34-40(10,55-38(47)54-34)30(15-2)51-35(45)26(31)6/h23-27,29-34,36,48H,14-22H2,1-13H3,(H,41,46)/t23-,24-,25+,26-,27-,29+,30-,31+,32-,33-,34-,36+,39-,40-/m1/s1. The average Bonchev–Trinajstić information content (AvgIpc) is 3.40. The third-order valence-corrected chi connectivity index (χ3v) is 11.7. The van der Waals surface area contributed by atoms with Crippen LogP contribution in [-0.2, 0) is 42.7 Å². The maximum atomic E-state index is 14.3. The Labute approximate surface area is 328 Å². The fourth-order valence-corrected chi connectivity index (χ4v) is 8.75. The van der Waals surface area contributed by atoms with E-state index in [0.29, 0.717) is 25.9 Å². The predicted molar refractivity (Wildman–Crippen MR) is 204 cm³/mol. The van der Waals surface area contributed by atoms with Gasteiger partial charge in [-0.1, -0.05) is 47.0 Å². The van der Waals surface area contributed by atoms with Crippen LogP contribution in [0.4, 0.5) is 9.59 Å². The Morgan fingerprint density at radius 3 is 2.27 bits per heavy atom. The summed E-state index contributed by atoms with van der Waals surface area (Å²) in [6.07, 6.45) is -2.95. The Bertz CT molecular complexity index is 1280. The monoisotopic (exact) mass is 786 g/mol. The molecule has 55 heavy (non-hydrogen) atoms. The number of rotatable bonds is 11. The van der Waals surface area contributed by atoms with Crippen molar-refractivity contribution >= 4 is 24.2 Å². The van der Waals surface area contributed by atoms with Crippen molar-refractivity contribution in [3.8, 4) is 0 Å². The van der Waals surface area contributed by atoms with Gasteiger partial charge in [0.1, 0.15) is 12.2 Å². The average molecular weight is 786 g/mol. The molecule has 0 aromatic heterocycles. The number of amides is 1. The lowest BCUT2D eigenvalue weighted by molar-refractivity contribution is -0.301. The molecule has 0 spiro atoms. The lowest BCUT2D eigenvalue weighted by Crippen LogP contribution is -2.60. The molecule has 3 aliphatic heterocycles. The van der Waals surface area contributed by atoms with Crippen LogP contribution in [0, 0.1) is 17.8 Å². The van der Waals surface area contributed by atoms with Gasteiger partial charge in [0, 0.05) is 32.0 Å². The zero-order valence-corrected chi connectivity index (χ0v) is 35.6. The Hall–Kier alpha value is -2.72. The molecule has 14 atom stereocenters. The molecule has 0 aromatic rings. The van der Waals surface area contributed by atoms with E-state index < -0.39 is 84.0 Å². The SMILES string of the molecule is CCCCCCNC(=O)O[C@H]1[C@H](C)[C@@H](O[C@@H]2O[C@H](C)C[C@H](N(C)C)[C@H]2OC(C)=O)[C@](C)(O)C[C@@H](C)CN(C)[C@H](C)[C@H]2OC(=O)O[C@]2(C)[C@@H](CC)OC(=O)[C@@H]1C. The maximum absolute atomic E-state index is 14.3. The summed E-state index contributed by atoms with van der Waals surface area (Å²) >= 11 is 0.